The first-order valence-electron chi connectivity index (χ1n) is 7.54. The monoisotopic (exact) mass is 297 g/mol. The molecule has 0 saturated carbocycles. The lowest BCUT2D eigenvalue weighted by molar-refractivity contribution is 0.270. The van der Waals surface area contributed by atoms with E-state index in [1.807, 2.05) is 11.3 Å². The smallest absolute Gasteiger partial charge is 0.0985 e. The van der Waals surface area contributed by atoms with Crippen LogP contribution in [0.2, 0.25) is 0 Å². The number of hydrogen-bond donors (Lipinski definition) is 1. The Labute approximate surface area is 128 Å². The molecule has 1 aromatic rings. The highest BCUT2D eigenvalue weighted by Crippen LogP contribution is 2.32. The van der Waals surface area contributed by atoms with Gasteiger partial charge < -0.3 is 10.2 Å². The lowest BCUT2D eigenvalue weighted by Gasteiger charge is -2.22. The van der Waals surface area contributed by atoms with Crippen molar-refractivity contribution in [2.75, 3.05) is 20.1 Å². The molecule has 1 heterocycles. The van der Waals surface area contributed by atoms with E-state index < -0.39 is 0 Å². The number of nitrogens with one attached hydrogen (secondary N) is 1. The van der Waals surface area contributed by atoms with Gasteiger partial charge in [0, 0.05) is 35.5 Å². The molecule has 116 valence electrons. The maximum Gasteiger partial charge on any atom is 0.0985 e. The predicted octanol–water partition coefficient (Wildman–Crippen LogP) is 3.74. The number of aromatic nitrogens is 1. The second-order valence-corrected chi connectivity index (χ2v) is 8.00. The van der Waals surface area contributed by atoms with Crippen molar-refractivity contribution >= 4 is 11.3 Å². The zero-order chi connectivity index (χ0) is 15.5. The third kappa shape index (κ3) is 4.83. The quantitative estimate of drug-likeness (QED) is 0.867. The van der Waals surface area contributed by atoms with Crippen molar-refractivity contribution in [1.82, 2.24) is 15.2 Å². The van der Waals surface area contributed by atoms with Crippen LogP contribution >= 0.6 is 11.3 Å². The Hall–Kier alpha value is -0.450. The van der Waals surface area contributed by atoms with Crippen LogP contribution in [0.4, 0.5) is 0 Å². The van der Waals surface area contributed by atoms with Crippen LogP contribution in [0.25, 0.3) is 0 Å². The molecule has 0 spiro atoms. The summed E-state index contributed by atoms with van der Waals surface area (Å²) in [7, 11) is 2.17. The van der Waals surface area contributed by atoms with Gasteiger partial charge in [-0.25, -0.2) is 4.98 Å². The molecule has 0 radical (unpaired) electrons. The van der Waals surface area contributed by atoms with Gasteiger partial charge in [-0.15, -0.1) is 11.3 Å². The Bertz CT molecular complexity index is 418. The van der Waals surface area contributed by atoms with Crippen molar-refractivity contribution in [2.45, 2.75) is 66.0 Å². The van der Waals surface area contributed by atoms with E-state index in [1.54, 1.807) is 0 Å². The minimum atomic E-state index is 0.144. The molecular formula is C16H31N3S. The Morgan fingerprint density at radius 2 is 1.85 bits per heavy atom. The van der Waals surface area contributed by atoms with Crippen LogP contribution in [0.5, 0.6) is 0 Å². The van der Waals surface area contributed by atoms with E-state index in [9.17, 15) is 0 Å². The van der Waals surface area contributed by atoms with Crippen LogP contribution in [0, 0.1) is 6.92 Å². The lowest BCUT2D eigenvalue weighted by atomic mass is 9.98. The molecule has 0 bridgehead atoms. The number of rotatable bonds is 6. The molecule has 1 atom stereocenters. The second-order valence-electron chi connectivity index (χ2n) is 6.97. The molecular weight excluding hydrogens is 266 g/mol. The SMILES string of the molecule is Cc1nc(C(C)(C)C)sc1C(C)NCCN(C)C(C)C. The Morgan fingerprint density at radius 1 is 1.25 bits per heavy atom. The van der Waals surface area contributed by atoms with Gasteiger partial charge in [-0.3, -0.25) is 0 Å². The molecule has 0 amide bonds. The van der Waals surface area contributed by atoms with Gasteiger partial charge in [0.1, 0.15) is 0 Å². The summed E-state index contributed by atoms with van der Waals surface area (Å²) in [6, 6.07) is 0.980. The van der Waals surface area contributed by atoms with Crippen molar-refractivity contribution in [1.29, 1.82) is 0 Å². The second kappa shape index (κ2) is 7.01. The highest BCUT2D eigenvalue weighted by atomic mass is 32.1. The van der Waals surface area contributed by atoms with E-state index in [4.69, 9.17) is 4.98 Å². The summed E-state index contributed by atoms with van der Waals surface area (Å²) >= 11 is 1.85. The van der Waals surface area contributed by atoms with E-state index >= 15 is 0 Å². The van der Waals surface area contributed by atoms with Crippen LogP contribution in [-0.4, -0.2) is 36.1 Å². The summed E-state index contributed by atoms with van der Waals surface area (Å²) < 4.78 is 0. The summed E-state index contributed by atoms with van der Waals surface area (Å²) in [5, 5.41) is 4.85. The van der Waals surface area contributed by atoms with Crippen molar-refractivity contribution < 1.29 is 0 Å². The molecule has 3 nitrogen and oxygen atoms in total. The number of hydrogen-bond acceptors (Lipinski definition) is 4. The van der Waals surface area contributed by atoms with Gasteiger partial charge in [0.25, 0.3) is 0 Å². The number of thiazole rings is 1. The molecule has 1 rings (SSSR count). The Balaban J connectivity index is 2.60. The highest BCUT2D eigenvalue weighted by molar-refractivity contribution is 7.12. The fourth-order valence-electron chi connectivity index (χ4n) is 1.94. The van der Waals surface area contributed by atoms with Gasteiger partial charge in [0.15, 0.2) is 0 Å². The van der Waals surface area contributed by atoms with Gasteiger partial charge in [0.2, 0.25) is 0 Å². The molecule has 20 heavy (non-hydrogen) atoms. The van der Waals surface area contributed by atoms with Crippen molar-refractivity contribution in [2.24, 2.45) is 0 Å². The fraction of sp³-hybridized carbons (Fsp3) is 0.812. The normalized spacial score (nSPS) is 14.3. The zero-order valence-electron chi connectivity index (χ0n) is 14.4. The van der Waals surface area contributed by atoms with Gasteiger partial charge >= 0.3 is 0 Å². The first-order valence-corrected chi connectivity index (χ1v) is 8.36. The average molecular weight is 298 g/mol. The molecule has 0 aliphatic carbocycles. The predicted molar refractivity (Wildman–Crippen MR) is 89.7 cm³/mol. The maximum atomic E-state index is 4.74. The standard InChI is InChI=1S/C16H31N3S/c1-11(2)19(8)10-9-17-12(3)14-13(4)18-15(20-14)16(5,6)7/h11-12,17H,9-10H2,1-8H3. The van der Waals surface area contributed by atoms with Crippen LogP contribution in [0.1, 0.15) is 63.2 Å². The molecule has 1 aromatic heterocycles. The molecule has 0 aliphatic heterocycles. The van der Waals surface area contributed by atoms with E-state index in [2.05, 4.69) is 65.7 Å². The summed E-state index contributed by atoms with van der Waals surface area (Å²) in [6.45, 7) is 17.6. The summed E-state index contributed by atoms with van der Waals surface area (Å²) in [5.74, 6) is 0. The Morgan fingerprint density at radius 3 is 2.30 bits per heavy atom. The van der Waals surface area contributed by atoms with E-state index in [1.165, 1.54) is 15.6 Å². The van der Waals surface area contributed by atoms with E-state index in [-0.39, 0.29) is 5.41 Å². The first kappa shape index (κ1) is 17.6. The highest BCUT2D eigenvalue weighted by Gasteiger charge is 2.22. The zero-order valence-corrected chi connectivity index (χ0v) is 15.2. The third-order valence-electron chi connectivity index (χ3n) is 3.66. The minimum absolute atomic E-state index is 0.144. The molecule has 1 N–H and O–H groups in total. The molecule has 0 fully saturated rings. The van der Waals surface area contributed by atoms with Gasteiger partial charge in [-0.1, -0.05) is 20.8 Å². The molecule has 1 unspecified atom stereocenters. The van der Waals surface area contributed by atoms with Crippen LogP contribution < -0.4 is 5.32 Å². The third-order valence-corrected chi connectivity index (χ3v) is 5.43. The van der Waals surface area contributed by atoms with Gasteiger partial charge in [-0.2, -0.15) is 0 Å². The van der Waals surface area contributed by atoms with Crippen LogP contribution in [0.15, 0.2) is 0 Å². The number of aryl methyl sites for hydroxylation is 1. The largest absolute Gasteiger partial charge is 0.308 e. The molecule has 0 aliphatic rings. The Kier molecular flexibility index (Phi) is 6.17. The lowest BCUT2D eigenvalue weighted by Crippen LogP contribution is -2.34. The van der Waals surface area contributed by atoms with Crippen molar-refractivity contribution in [3.05, 3.63) is 15.6 Å². The first-order chi connectivity index (χ1) is 9.12. The van der Waals surface area contributed by atoms with Crippen LogP contribution in [0.3, 0.4) is 0 Å². The number of likely N-dealkylation sites (N-methyl/N-ethyl adjacent to an activating group) is 1. The molecule has 0 aromatic carbocycles. The molecule has 4 heteroatoms. The van der Waals surface area contributed by atoms with Gasteiger partial charge in [0.05, 0.1) is 10.7 Å². The molecule has 0 saturated heterocycles. The fourth-order valence-corrected chi connectivity index (χ4v) is 3.09. The van der Waals surface area contributed by atoms with Crippen LogP contribution in [-0.2, 0) is 5.41 Å². The minimum Gasteiger partial charge on any atom is -0.308 e. The van der Waals surface area contributed by atoms with Gasteiger partial charge in [-0.05, 0) is 34.7 Å². The van der Waals surface area contributed by atoms with Crippen molar-refractivity contribution in [3.8, 4) is 0 Å². The maximum absolute atomic E-state index is 4.74. The summed E-state index contributed by atoms with van der Waals surface area (Å²) in [5.41, 5.74) is 1.32. The summed E-state index contributed by atoms with van der Waals surface area (Å²) in [6.07, 6.45) is 0. The number of nitrogens with zero attached hydrogens (tertiary/aromatic N) is 2. The topological polar surface area (TPSA) is 28.2 Å². The average Bonchev–Trinajstić information content (AvgIpc) is 2.70. The van der Waals surface area contributed by atoms with E-state index in [0.717, 1.165) is 13.1 Å². The van der Waals surface area contributed by atoms with E-state index in [0.29, 0.717) is 12.1 Å². The summed E-state index contributed by atoms with van der Waals surface area (Å²) in [4.78, 5) is 8.48. The van der Waals surface area contributed by atoms with Crippen molar-refractivity contribution in [3.63, 3.8) is 0 Å².